The maximum Gasteiger partial charge on any atom is 0.256 e. The standard InChI is InChI=1S/C20H20ClN5O2/c1-12-16-17(21)15(20(28)25-9-7-13(8-10-25)18(22)27)11-23-19(16)26(24-12)14-5-3-2-4-6-14/h2-6,11,13H,7-10H2,1H3,(H2,22,27). The average molecular weight is 398 g/mol. The Morgan fingerprint density at radius 2 is 1.86 bits per heavy atom. The lowest BCUT2D eigenvalue weighted by Crippen LogP contribution is -2.41. The van der Waals surface area contributed by atoms with E-state index < -0.39 is 0 Å². The number of fused-ring (bicyclic) bond motifs is 1. The van der Waals surface area contributed by atoms with Crippen LogP contribution in [0.5, 0.6) is 0 Å². The van der Waals surface area contributed by atoms with E-state index in [1.54, 1.807) is 9.58 Å². The molecular weight excluding hydrogens is 378 g/mol. The maximum atomic E-state index is 13.0. The fourth-order valence-corrected chi connectivity index (χ4v) is 3.99. The van der Waals surface area contributed by atoms with Gasteiger partial charge in [0.1, 0.15) is 0 Å². The Balaban J connectivity index is 1.68. The Bertz CT molecular complexity index is 1060. The summed E-state index contributed by atoms with van der Waals surface area (Å²) in [6, 6.07) is 9.65. The Kier molecular flexibility index (Phi) is 4.77. The van der Waals surface area contributed by atoms with Gasteiger partial charge < -0.3 is 10.6 Å². The summed E-state index contributed by atoms with van der Waals surface area (Å²) in [7, 11) is 0. The largest absolute Gasteiger partial charge is 0.369 e. The second kappa shape index (κ2) is 7.24. The molecule has 2 N–H and O–H groups in total. The highest BCUT2D eigenvalue weighted by Gasteiger charge is 2.28. The molecule has 4 rings (SSSR count). The first-order chi connectivity index (χ1) is 13.5. The van der Waals surface area contributed by atoms with E-state index in [1.165, 1.54) is 6.20 Å². The van der Waals surface area contributed by atoms with Crippen molar-refractivity contribution in [2.75, 3.05) is 13.1 Å². The summed E-state index contributed by atoms with van der Waals surface area (Å²) in [4.78, 5) is 30.5. The number of aromatic nitrogens is 3. The molecule has 0 radical (unpaired) electrons. The SMILES string of the molecule is Cc1nn(-c2ccccc2)c2ncc(C(=O)N3CCC(C(N)=O)CC3)c(Cl)c12. The number of piperidine rings is 1. The Labute approximate surface area is 167 Å². The van der Waals surface area contributed by atoms with Crippen LogP contribution in [0.2, 0.25) is 5.02 Å². The number of carbonyl (C=O) groups excluding carboxylic acids is 2. The monoisotopic (exact) mass is 397 g/mol. The van der Waals surface area contributed by atoms with Crippen molar-refractivity contribution in [1.29, 1.82) is 0 Å². The number of nitrogens with two attached hydrogens (primary N) is 1. The van der Waals surface area contributed by atoms with Gasteiger partial charge in [-0.05, 0) is 31.9 Å². The quantitative estimate of drug-likeness (QED) is 0.735. The van der Waals surface area contributed by atoms with E-state index in [4.69, 9.17) is 17.3 Å². The van der Waals surface area contributed by atoms with Crippen molar-refractivity contribution in [2.24, 2.45) is 11.7 Å². The first kappa shape index (κ1) is 18.4. The zero-order valence-corrected chi connectivity index (χ0v) is 16.2. The summed E-state index contributed by atoms with van der Waals surface area (Å²) in [5.41, 5.74) is 7.91. The van der Waals surface area contributed by atoms with E-state index in [0.717, 1.165) is 5.69 Å². The van der Waals surface area contributed by atoms with E-state index in [1.807, 2.05) is 37.3 Å². The molecule has 144 valence electrons. The van der Waals surface area contributed by atoms with Crippen molar-refractivity contribution < 1.29 is 9.59 Å². The lowest BCUT2D eigenvalue weighted by atomic mass is 9.96. The third kappa shape index (κ3) is 3.11. The van der Waals surface area contributed by atoms with Gasteiger partial charge in [0, 0.05) is 25.2 Å². The minimum Gasteiger partial charge on any atom is -0.369 e. The Hall–Kier alpha value is -2.93. The van der Waals surface area contributed by atoms with Gasteiger partial charge in [0.25, 0.3) is 5.91 Å². The highest BCUT2D eigenvalue weighted by Crippen LogP contribution is 2.31. The normalized spacial score (nSPS) is 15.1. The first-order valence-corrected chi connectivity index (χ1v) is 9.53. The van der Waals surface area contributed by atoms with Crippen LogP contribution in [0.15, 0.2) is 36.5 Å². The minimum absolute atomic E-state index is 0.175. The number of para-hydroxylation sites is 1. The van der Waals surface area contributed by atoms with Gasteiger partial charge in [-0.1, -0.05) is 29.8 Å². The molecule has 1 aromatic carbocycles. The highest BCUT2D eigenvalue weighted by atomic mass is 35.5. The van der Waals surface area contributed by atoms with Crippen molar-refractivity contribution in [1.82, 2.24) is 19.7 Å². The first-order valence-electron chi connectivity index (χ1n) is 9.15. The van der Waals surface area contributed by atoms with Crippen molar-refractivity contribution in [3.63, 3.8) is 0 Å². The lowest BCUT2D eigenvalue weighted by Gasteiger charge is -2.30. The Morgan fingerprint density at radius 3 is 2.50 bits per heavy atom. The Morgan fingerprint density at radius 1 is 1.18 bits per heavy atom. The van der Waals surface area contributed by atoms with Crippen LogP contribution in [0, 0.1) is 12.8 Å². The van der Waals surface area contributed by atoms with Gasteiger partial charge in [-0.2, -0.15) is 5.10 Å². The number of rotatable bonds is 3. The summed E-state index contributed by atoms with van der Waals surface area (Å²) in [6.45, 7) is 2.80. The molecule has 1 saturated heterocycles. The number of aryl methyl sites for hydroxylation is 1. The molecule has 0 atom stereocenters. The summed E-state index contributed by atoms with van der Waals surface area (Å²) < 4.78 is 1.73. The van der Waals surface area contributed by atoms with Gasteiger partial charge in [0.15, 0.2) is 5.65 Å². The maximum absolute atomic E-state index is 13.0. The molecule has 1 fully saturated rings. The number of benzene rings is 1. The van der Waals surface area contributed by atoms with Crippen molar-refractivity contribution in [3.05, 3.63) is 52.8 Å². The van der Waals surface area contributed by atoms with E-state index in [0.29, 0.717) is 53.2 Å². The summed E-state index contributed by atoms with van der Waals surface area (Å²) in [5.74, 6) is -0.669. The van der Waals surface area contributed by atoms with Crippen LogP contribution in [0.25, 0.3) is 16.7 Å². The summed E-state index contributed by atoms with van der Waals surface area (Å²) in [5, 5.41) is 5.58. The third-order valence-corrected chi connectivity index (χ3v) is 5.62. The van der Waals surface area contributed by atoms with Crippen molar-refractivity contribution >= 4 is 34.4 Å². The van der Waals surface area contributed by atoms with Crippen molar-refractivity contribution in [3.8, 4) is 5.69 Å². The van der Waals surface area contributed by atoms with Gasteiger partial charge in [0.2, 0.25) is 5.91 Å². The van der Waals surface area contributed by atoms with E-state index >= 15 is 0 Å². The van der Waals surface area contributed by atoms with Crippen LogP contribution in [-0.2, 0) is 4.79 Å². The van der Waals surface area contributed by atoms with Crippen LogP contribution in [0.4, 0.5) is 0 Å². The molecule has 0 bridgehead atoms. The number of pyridine rings is 1. The smallest absolute Gasteiger partial charge is 0.256 e. The number of carbonyl (C=O) groups is 2. The molecule has 28 heavy (non-hydrogen) atoms. The van der Waals surface area contributed by atoms with E-state index in [9.17, 15) is 9.59 Å². The number of hydrogen-bond donors (Lipinski definition) is 1. The van der Waals surface area contributed by atoms with Crippen LogP contribution in [0.3, 0.4) is 0 Å². The topological polar surface area (TPSA) is 94.1 Å². The molecule has 2 amide bonds. The molecule has 1 aliphatic heterocycles. The number of hydrogen-bond acceptors (Lipinski definition) is 4. The molecule has 1 aliphatic rings. The van der Waals surface area contributed by atoms with Crippen LogP contribution < -0.4 is 5.73 Å². The summed E-state index contributed by atoms with van der Waals surface area (Å²) >= 11 is 6.63. The predicted molar refractivity (Wildman–Crippen MR) is 106 cm³/mol. The third-order valence-electron chi connectivity index (χ3n) is 5.22. The fourth-order valence-electron chi connectivity index (χ4n) is 3.64. The number of amides is 2. The predicted octanol–water partition coefficient (Wildman–Crippen LogP) is 2.72. The van der Waals surface area contributed by atoms with E-state index in [2.05, 4.69) is 10.1 Å². The van der Waals surface area contributed by atoms with Gasteiger partial charge in [0.05, 0.1) is 27.4 Å². The van der Waals surface area contributed by atoms with Crippen molar-refractivity contribution in [2.45, 2.75) is 19.8 Å². The van der Waals surface area contributed by atoms with Crippen LogP contribution >= 0.6 is 11.6 Å². The average Bonchev–Trinajstić information content (AvgIpc) is 3.06. The van der Waals surface area contributed by atoms with Gasteiger partial charge >= 0.3 is 0 Å². The number of nitrogens with zero attached hydrogens (tertiary/aromatic N) is 4. The molecular formula is C20H20ClN5O2. The summed E-state index contributed by atoms with van der Waals surface area (Å²) in [6.07, 6.45) is 2.65. The number of likely N-dealkylation sites (tertiary alicyclic amines) is 1. The highest BCUT2D eigenvalue weighted by molar-refractivity contribution is 6.38. The molecule has 0 spiro atoms. The zero-order valence-electron chi connectivity index (χ0n) is 15.4. The minimum atomic E-state index is -0.308. The van der Waals surface area contributed by atoms with Gasteiger partial charge in [-0.15, -0.1) is 0 Å². The molecule has 2 aromatic heterocycles. The molecule has 7 nitrogen and oxygen atoms in total. The molecule has 0 saturated carbocycles. The zero-order chi connectivity index (χ0) is 19.8. The molecule has 0 unspecified atom stereocenters. The molecule has 0 aliphatic carbocycles. The molecule has 3 heterocycles. The number of halogens is 1. The van der Waals surface area contributed by atoms with E-state index in [-0.39, 0.29) is 17.7 Å². The molecule has 8 heteroatoms. The van der Waals surface area contributed by atoms with Gasteiger partial charge in [-0.25, -0.2) is 9.67 Å². The second-order valence-electron chi connectivity index (χ2n) is 6.99. The van der Waals surface area contributed by atoms with Crippen LogP contribution in [-0.4, -0.2) is 44.6 Å². The van der Waals surface area contributed by atoms with Gasteiger partial charge in [-0.3, -0.25) is 9.59 Å². The van der Waals surface area contributed by atoms with Crippen LogP contribution in [0.1, 0.15) is 28.9 Å². The lowest BCUT2D eigenvalue weighted by molar-refractivity contribution is -0.123. The fraction of sp³-hybridized carbons (Fsp3) is 0.300. The molecule has 3 aromatic rings. The number of primary amides is 1. The second-order valence-corrected chi connectivity index (χ2v) is 7.36.